The van der Waals surface area contributed by atoms with Gasteiger partial charge in [-0.1, -0.05) is 15.9 Å². The number of aromatic nitrogens is 2. The van der Waals surface area contributed by atoms with Gasteiger partial charge in [0.05, 0.1) is 23.1 Å². The molecule has 1 aliphatic rings. The first kappa shape index (κ1) is 15.2. The van der Waals surface area contributed by atoms with Gasteiger partial charge in [0.1, 0.15) is 0 Å². The zero-order chi connectivity index (χ0) is 15.7. The molecule has 0 spiro atoms. The molecule has 116 valence electrons. The number of carbonyl (C=O) groups is 1. The van der Waals surface area contributed by atoms with Gasteiger partial charge in [0, 0.05) is 30.1 Å². The van der Waals surface area contributed by atoms with E-state index in [0.717, 1.165) is 35.5 Å². The van der Waals surface area contributed by atoms with Crippen LogP contribution in [0, 0.1) is 6.92 Å². The topological polar surface area (TPSA) is 50.2 Å². The number of hydrogen-bond acceptors (Lipinski definition) is 3. The smallest absolute Gasteiger partial charge is 0.257 e. The Kier molecular flexibility index (Phi) is 4.31. The number of halogens is 1. The Hall–Kier alpha value is -1.66. The molecule has 22 heavy (non-hydrogen) atoms. The predicted molar refractivity (Wildman–Crippen MR) is 89.4 cm³/mol. The molecule has 1 aliphatic heterocycles. The Labute approximate surface area is 138 Å². The third kappa shape index (κ3) is 2.94. The Morgan fingerprint density at radius 3 is 2.77 bits per heavy atom. The van der Waals surface area contributed by atoms with Crippen LogP contribution in [0.15, 0.2) is 34.9 Å². The summed E-state index contributed by atoms with van der Waals surface area (Å²) in [4.78, 5) is 14.6. The predicted octanol–water partition coefficient (Wildman–Crippen LogP) is 2.38. The van der Waals surface area contributed by atoms with E-state index in [9.17, 15) is 4.79 Å². The molecule has 0 unspecified atom stereocenters. The highest BCUT2D eigenvalue weighted by Gasteiger charge is 2.24. The lowest BCUT2D eigenvalue weighted by molar-refractivity contribution is 0.0708. The molecule has 5 nitrogen and oxygen atoms in total. The molecular weight excluding hydrogens is 344 g/mol. The average Bonchev–Trinajstić information content (AvgIpc) is 2.89. The van der Waals surface area contributed by atoms with E-state index in [1.54, 1.807) is 6.20 Å². The molecule has 1 saturated heterocycles. The standard InChI is InChI=1S/C16H19BrN4O/c1-11-10-20(8-7-18-11)16(22)15-9-19-21(12(15)2)14-5-3-13(17)4-6-14/h3-6,9,11,18H,7-8,10H2,1-2H3/t11-/m0/s1. The summed E-state index contributed by atoms with van der Waals surface area (Å²) in [5.74, 6) is 0.0641. The van der Waals surface area contributed by atoms with Crippen LogP contribution in [-0.4, -0.2) is 46.3 Å². The lowest BCUT2D eigenvalue weighted by atomic mass is 10.1. The van der Waals surface area contributed by atoms with Gasteiger partial charge in [-0.25, -0.2) is 4.68 Å². The molecule has 1 amide bonds. The highest BCUT2D eigenvalue weighted by atomic mass is 79.9. The summed E-state index contributed by atoms with van der Waals surface area (Å²) in [5, 5.41) is 7.74. The van der Waals surface area contributed by atoms with E-state index in [1.807, 2.05) is 40.8 Å². The first-order valence-corrected chi connectivity index (χ1v) is 8.19. The number of rotatable bonds is 2. The van der Waals surface area contributed by atoms with Gasteiger partial charge in [0.2, 0.25) is 0 Å². The van der Waals surface area contributed by atoms with Gasteiger partial charge in [-0.2, -0.15) is 5.10 Å². The van der Waals surface area contributed by atoms with E-state index in [2.05, 4.69) is 33.3 Å². The highest BCUT2D eigenvalue weighted by molar-refractivity contribution is 9.10. The first-order valence-electron chi connectivity index (χ1n) is 7.39. The highest BCUT2D eigenvalue weighted by Crippen LogP contribution is 2.18. The van der Waals surface area contributed by atoms with Crippen molar-refractivity contribution in [3.8, 4) is 5.69 Å². The molecule has 1 N–H and O–H groups in total. The Bertz CT molecular complexity index is 680. The molecular formula is C16H19BrN4O. The van der Waals surface area contributed by atoms with Crippen molar-refractivity contribution < 1.29 is 4.79 Å². The maximum Gasteiger partial charge on any atom is 0.257 e. The molecule has 0 bridgehead atoms. The zero-order valence-electron chi connectivity index (χ0n) is 12.7. The summed E-state index contributed by atoms with van der Waals surface area (Å²) in [7, 11) is 0. The summed E-state index contributed by atoms with van der Waals surface area (Å²) in [6.07, 6.45) is 1.67. The summed E-state index contributed by atoms with van der Waals surface area (Å²) in [6, 6.07) is 8.22. The van der Waals surface area contributed by atoms with Crippen molar-refractivity contribution in [3.63, 3.8) is 0 Å². The monoisotopic (exact) mass is 362 g/mol. The summed E-state index contributed by atoms with van der Waals surface area (Å²) in [6.45, 7) is 6.35. The van der Waals surface area contributed by atoms with E-state index >= 15 is 0 Å². The number of carbonyl (C=O) groups excluding carboxylic acids is 1. The largest absolute Gasteiger partial charge is 0.336 e. The van der Waals surface area contributed by atoms with Gasteiger partial charge < -0.3 is 10.2 Å². The third-order valence-electron chi connectivity index (χ3n) is 3.97. The van der Waals surface area contributed by atoms with Crippen LogP contribution in [0.5, 0.6) is 0 Å². The van der Waals surface area contributed by atoms with Crippen molar-refractivity contribution in [3.05, 3.63) is 46.2 Å². The quantitative estimate of drug-likeness (QED) is 0.892. The minimum absolute atomic E-state index is 0.0641. The van der Waals surface area contributed by atoms with Crippen molar-refractivity contribution in [2.45, 2.75) is 19.9 Å². The van der Waals surface area contributed by atoms with Crippen LogP contribution in [0.25, 0.3) is 5.69 Å². The number of nitrogens with one attached hydrogen (secondary N) is 1. The molecule has 1 atom stereocenters. The van der Waals surface area contributed by atoms with Crippen LogP contribution in [0.1, 0.15) is 23.0 Å². The van der Waals surface area contributed by atoms with Crippen LogP contribution < -0.4 is 5.32 Å². The minimum Gasteiger partial charge on any atom is -0.336 e. The molecule has 1 aromatic carbocycles. The molecule has 1 fully saturated rings. The SMILES string of the molecule is Cc1c(C(=O)N2CCN[C@@H](C)C2)cnn1-c1ccc(Br)cc1. The fourth-order valence-corrected chi connectivity index (χ4v) is 3.01. The Morgan fingerprint density at radius 2 is 2.09 bits per heavy atom. The fourth-order valence-electron chi connectivity index (χ4n) is 2.75. The lowest BCUT2D eigenvalue weighted by Gasteiger charge is -2.31. The maximum atomic E-state index is 12.7. The number of hydrogen-bond donors (Lipinski definition) is 1. The van der Waals surface area contributed by atoms with Crippen molar-refractivity contribution >= 4 is 21.8 Å². The summed E-state index contributed by atoms with van der Waals surface area (Å²) < 4.78 is 2.83. The van der Waals surface area contributed by atoms with Crippen molar-refractivity contribution in [1.82, 2.24) is 20.0 Å². The fraction of sp³-hybridized carbons (Fsp3) is 0.375. The van der Waals surface area contributed by atoms with Crippen LogP contribution >= 0.6 is 15.9 Å². The van der Waals surface area contributed by atoms with E-state index in [-0.39, 0.29) is 5.91 Å². The molecule has 0 aliphatic carbocycles. The Morgan fingerprint density at radius 1 is 1.36 bits per heavy atom. The van der Waals surface area contributed by atoms with E-state index in [1.165, 1.54) is 0 Å². The van der Waals surface area contributed by atoms with Crippen LogP contribution in [-0.2, 0) is 0 Å². The number of benzene rings is 1. The molecule has 0 saturated carbocycles. The van der Waals surface area contributed by atoms with E-state index in [4.69, 9.17) is 0 Å². The molecule has 6 heteroatoms. The second-order valence-corrected chi connectivity index (χ2v) is 6.55. The Balaban J connectivity index is 1.86. The number of amides is 1. The summed E-state index contributed by atoms with van der Waals surface area (Å²) in [5.41, 5.74) is 2.50. The van der Waals surface area contributed by atoms with Gasteiger partial charge >= 0.3 is 0 Å². The number of piperazine rings is 1. The van der Waals surface area contributed by atoms with Crippen LogP contribution in [0.4, 0.5) is 0 Å². The average molecular weight is 363 g/mol. The van der Waals surface area contributed by atoms with Gasteiger partial charge in [0.15, 0.2) is 0 Å². The second-order valence-electron chi connectivity index (χ2n) is 5.64. The summed E-state index contributed by atoms with van der Waals surface area (Å²) >= 11 is 3.43. The molecule has 2 aromatic rings. The zero-order valence-corrected chi connectivity index (χ0v) is 14.3. The third-order valence-corrected chi connectivity index (χ3v) is 4.50. The van der Waals surface area contributed by atoms with Crippen molar-refractivity contribution in [2.75, 3.05) is 19.6 Å². The molecule has 2 heterocycles. The molecule has 1 aromatic heterocycles. The van der Waals surface area contributed by atoms with Crippen LogP contribution in [0.2, 0.25) is 0 Å². The van der Waals surface area contributed by atoms with Gasteiger partial charge in [-0.15, -0.1) is 0 Å². The second kappa shape index (κ2) is 6.22. The maximum absolute atomic E-state index is 12.7. The molecule has 3 rings (SSSR count). The van der Waals surface area contributed by atoms with Crippen LogP contribution in [0.3, 0.4) is 0 Å². The van der Waals surface area contributed by atoms with Gasteiger partial charge in [-0.05, 0) is 38.1 Å². The van der Waals surface area contributed by atoms with E-state index < -0.39 is 0 Å². The van der Waals surface area contributed by atoms with Gasteiger partial charge in [0.25, 0.3) is 5.91 Å². The first-order chi connectivity index (χ1) is 10.6. The molecule has 0 radical (unpaired) electrons. The lowest BCUT2D eigenvalue weighted by Crippen LogP contribution is -2.51. The van der Waals surface area contributed by atoms with Gasteiger partial charge in [-0.3, -0.25) is 4.79 Å². The number of nitrogens with zero attached hydrogens (tertiary/aromatic N) is 3. The van der Waals surface area contributed by atoms with E-state index in [0.29, 0.717) is 11.6 Å². The normalized spacial score (nSPS) is 18.5. The van der Waals surface area contributed by atoms with Crippen molar-refractivity contribution in [1.29, 1.82) is 0 Å². The minimum atomic E-state index is 0.0641. The van der Waals surface area contributed by atoms with Crippen molar-refractivity contribution in [2.24, 2.45) is 0 Å².